The number of unbranched alkanes of at least 4 members (excludes halogenated alkanes) is 1. The topological polar surface area (TPSA) is 69.0 Å². The fraction of sp³-hybridized carbons (Fsp3) is 0.269. The first kappa shape index (κ1) is 21.6. The molecule has 0 spiro atoms. The Labute approximate surface area is 188 Å². The summed E-state index contributed by atoms with van der Waals surface area (Å²) in [5.74, 6) is 0.486. The summed E-state index contributed by atoms with van der Waals surface area (Å²) in [6, 6.07) is 19.3. The Morgan fingerprint density at radius 3 is 2.47 bits per heavy atom. The predicted molar refractivity (Wildman–Crippen MR) is 128 cm³/mol. The van der Waals surface area contributed by atoms with Gasteiger partial charge in [0.1, 0.15) is 16.8 Å². The van der Waals surface area contributed by atoms with Gasteiger partial charge in [0.15, 0.2) is 0 Å². The molecule has 1 heterocycles. The highest BCUT2D eigenvalue weighted by molar-refractivity contribution is 6.05. The van der Waals surface area contributed by atoms with Crippen LogP contribution < -0.4 is 10.1 Å². The number of aryl methyl sites for hydroxylation is 2. The molecule has 0 atom stereocenters. The maximum atomic E-state index is 12.8. The molecule has 0 fully saturated rings. The Hall–Kier alpha value is -3.67. The lowest BCUT2D eigenvalue weighted by molar-refractivity contribution is 0.102. The van der Waals surface area contributed by atoms with Crippen molar-refractivity contribution in [2.45, 2.75) is 40.0 Å². The van der Waals surface area contributed by atoms with Gasteiger partial charge in [-0.15, -0.1) is 10.2 Å². The average Bonchev–Trinajstić information content (AvgIpc) is 3.21. The summed E-state index contributed by atoms with van der Waals surface area (Å²) < 4.78 is 5.50. The van der Waals surface area contributed by atoms with Gasteiger partial charge in [-0.1, -0.05) is 31.5 Å². The summed E-state index contributed by atoms with van der Waals surface area (Å²) in [6.45, 7) is 6.62. The number of carbonyl (C=O) groups is 1. The molecule has 0 radical (unpaired) electrons. The van der Waals surface area contributed by atoms with E-state index in [0.717, 1.165) is 28.7 Å². The van der Waals surface area contributed by atoms with Crippen LogP contribution in [0, 0.1) is 6.92 Å². The minimum atomic E-state index is -0.191. The normalized spacial score (nSPS) is 11.0. The molecule has 3 aromatic carbocycles. The van der Waals surface area contributed by atoms with Gasteiger partial charge in [-0.2, -0.15) is 4.80 Å². The lowest BCUT2D eigenvalue weighted by Crippen LogP contribution is -2.13. The molecule has 0 aliphatic carbocycles. The Kier molecular flexibility index (Phi) is 6.50. The second-order valence-corrected chi connectivity index (χ2v) is 7.83. The zero-order valence-electron chi connectivity index (χ0n) is 18.8. The van der Waals surface area contributed by atoms with Crippen molar-refractivity contribution >= 4 is 22.6 Å². The molecule has 0 aliphatic heterocycles. The van der Waals surface area contributed by atoms with Gasteiger partial charge < -0.3 is 10.1 Å². The fourth-order valence-corrected chi connectivity index (χ4v) is 3.58. The Balaban J connectivity index is 1.56. The van der Waals surface area contributed by atoms with E-state index in [1.807, 2.05) is 50.2 Å². The van der Waals surface area contributed by atoms with E-state index < -0.39 is 0 Å². The standard InChI is InChI=1S/C26H28N4O2/c1-4-6-8-19-11-13-21(14-12-19)30-28-24-15-18(3)23(17-25(24)29-30)27-26(31)20-9-7-10-22(16-20)32-5-2/h7,9-17H,4-6,8H2,1-3H3,(H,27,31). The minimum Gasteiger partial charge on any atom is -0.494 e. The number of hydrogen-bond acceptors (Lipinski definition) is 4. The van der Waals surface area contributed by atoms with Crippen molar-refractivity contribution < 1.29 is 9.53 Å². The van der Waals surface area contributed by atoms with Crippen molar-refractivity contribution in [1.29, 1.82) is 0 Å². The minimum absolute atomic E-state index is 0.191. The highest BCUT2D eigenvalue weighted by atomic mass is 16.5. The summed E-state index contributed by atoms with van der Waals surface area (Å²) in [5.41, 5.74) is 5.93. The number of anilines is 1. The molecule has 0 aliphatic rings. The number of nitrogens with zero attached hydrogens (tertiary/aromatic N) is 3. The van der Waals surface area contributed by atoms with E-state index in [1.54, 1.807) is 16.9 Å². The molecule has 4 rings (SSSR count). The first-order chi connectivity index (χ1) is 15.6. The molecular formula is C26H28N4O2. The third-order valence-electron chi connectivity index (χ3n) is 5.37. The van der Waals surface area contributed by atoms with Crippen LogP contribution in [0.25, 0.3) is 16.7 Å². The van der Waals surface area contributed by atoms with Gasteiger partial charge in [-0.05, 0) is 80.3 Å². The molecule has 0 saturated heterocycles. The molecule has 0 unspecified atom stereocenters. The third kappa shape index (κ3) is 4.80. The van der Waals surface area contributed by atoms with Crippen molar-refractivity contribution in [3.05, 3.63) is 77.4 Å². The van der Waals surface area contributed by atoms with Crippen LogP contribution in [-0.4, -0.2) is 27.5 Å². The fourth-order valence-electron chi connectivity index (χ4n) is 3.58. The van der Waals surface area contributed by atoms with E-state index in [0.29, 0.717) is 23.6 Å². The van der Waals surface area contributed by atoms with Crippen molar-refractivity contribution in [3.63, 3.8) is 0 Å². The van der Waals surface area contributed by atoms with Crippen LogP contribution in [0.2, 0.25) is 0 Å². The second-order valence-electron chi connectivity index (χ2n) is 7.83. The number of fused-ring (bicyclic) bond motifs is 1. The zero-order valence-corrected chi connectivity index (χ0v) is 18.8. The van der Waals surface area contributed by atoms with Gasteiger partial charge in [0.05, 0.1) is 12.3 Å². The van der Waals surface area contributed by atoms with Crippen LogP contribution in [0.5, 0.6) is 5.75 Å². The number of hydrogen-bond donors (Lipinski definition) is 1. The zero-order chi connectivity index (χ0) is 22.5. The van der Waals surface area contributed by atoms with Gasteiger partial charge in [0.25, 0.3) is 5.91 Å². The highest BCUT2D eigenvalue weighted by Crippen LogP contribution is 2.23. The SMILES string of the molecule is CCCCc1ccc(-n2nc3cc(C)c(NC(=O)c4cccc(OCC)c4)cc3n2)cc1. The van der Waals surface area contributed by atoms with Crippen molar-refractivity contribution in [1.82, 2.24) is 15.0 Å². The van der Waals surface area contributed by atoms with E-state index >= 15 is 0 Å². The maximum Gasteiger partial charge on any atom is 0.255 e. The van der Waals surface area contributed by atoms with Gasteiger partial charge in [0, 0.05) is 11.3 Å². The summed E-state index contributed by atoms with van der Waals surface area (Å²) in [4.78, 5) is 14.4. The molecule has 32 heavy (non-hydrogen) atoms. The Morgan fingerprint density at radius 2 is 1.75 bits per heavy atom. The molecule has 6 heteroatoms. The molecule has 1 N–H and O–H groups in total. The van der Waals surface area contributed by atoms with Gasteiger partial charge in [-0.25, -0.2) is 0 Å². The Bertz CT molecular complexity index is 1230. The van der Waals surface area contributed by atoms with Crippen LogP contribution in [0.4, 0.5) is 5.69 Å². The highest BCUT2D eigenvalue weighted by Gasteiger charge is 2.12. The smallest absolute Gasteiger partial charge is 0.255 e. The monoisotopic (exact) mass is 428 g/mol. The number of ether oxygens (including phenoxy) is 1. The van der Waals surface area contributed by atoms with Crippen molar-refractivity contribution in [2.24, 2.45) is 0 Å². The molecular weight excluding hydrogens is 400 g/mol. The summed E-state index contributed by atoms with van der Waals surface area (Å²) in [5, 5.41) is 12.2. The van der Waals surface area contributed by atoms with E-state index in [2.05, 4.69) is 34.6 Å². The Morgan fingerprint density at radius 1 is 1.00 bits per heavy atom. The summed E-state index contributed by atoms with van der Waals surface area (Å²) in [6.07, 6.45) is 3.46. The van der Waals surface area contributed by atoms with Crippen LogP contribution >= 0.6 is 0 Å². The van der Waals surface area contributed by atoms with E-state index in [-0.39, 0.29) is 5.91 Å². The maximum absolute atomic E-state index is 12.8. The molecule has 1 aromatic heterocycles. The van der Waals surface area contributed by atoms with E-state index in [9.17, 15) is 4.79 Å². The van der Waals surface area contributed by atoms with Crippen LogP contribution in [0.1, 0.15) is 48.2 Å². The number of rotatable bonds is 8. The number of carbonyl (C=O) groups excluding carboxylic acids is 1. The van der Waals surface area contributed by atoms with Gasteiger partial charge >= 0.3 is 0 Å². The second kappa shape index (κ2) is 9.64. The average molecular weight is 429 g/mol. The van der Waals surface area contributed by atoms with Crippen molar-refractivity contribution in [2.75, 3.05) is 11.9 Å². The molecule has 164 valence electrons. The first-order valence-electron chi connectivity index (χ1n) is 11.1. The number of benzene rings is 3. The lowest BCUT2D eigenvalue weighted by Gasteiger charge is -2.09. The van der Waals surface area contributed by atoms with E-state index in [4.69, 9.17) is 4.74 Å². The van der Waals surface area contributed by atoms with Crippen LogP contribution in [0.3, 0.4) is 0 Å². The number of nitrogens with one attached hydrogen (secondary N) is 1. The molecule has 6 nitrogen and oxygen atoms in total. The van der Waals surface area contributed by atoms with Crippen LogP contribution in [0.15, 0.2) is 60.7 Å². The molecule has 4 aromatic rings. The largest absolute Gasteiger partial charge is 0.494 e. The summed E-state index contributed by atoms with van der Waals surface area (Å²) in [7, 11) is 0. The molecule has 0 bridgehead atoms. The molecule has 1 amide bonds. The summed E-state index contributed by atoms with van der Waals surface area (Å²) >= 11 is 0. The van der Waals surface area contributed by atoms with Gasteiger partial charge in [-0.3, -0.25) is 4.79 Å². The quantitative estimate of drug-likeness (QED) is 0.389. The lowest BCUT2D eigenvalue weighted by atomic mass is 10.1. The first-order valence-corrected chi connectivity index (χ1v) is 11.1. The van der Waals surface area contributed by atoms with Gasteiger partial charge in [0.2, 0.25) is 0 Å². The van der Waals surface area contributed by atoms with Crippen LogP contribution in [-0.2, 0) is 6.42 Å². The number of aromatic nitrogens is 3. The third-order valence-corrected chi connectivity index (χ3v) is 5.37. The van der Waals surface area contributed by atoms with E-state index in [1.165, 1.54) is 18.4 Å². The molecule has 0 saturated carbocycles. The number of amides is 1. The predicted octanol–water partition coefficient (Wildman–Crippen LogP) is 5.72. The van der Waals surface area contributed by atoms with Crippen molar-refractivity contribution in [3.8, 4) is 11.4 Å².